The van der Waals surface area contributed by atoms with Crippen molar-refractivity contribution in [2.75, 3.05) is 19.0 Å². The fourth-order valence-corrected chi connectivity index (χ4v) is 3.22. The second kappa shape index (κ2) is 8.45. The van der Waals surface area contributed by atoms with E-state index in [1.54, 1.807) is 13.8 Å². The number of aromatic hydroxyl groups is 1. The van der Waals surface area contributed by atoms with Crippen molar-refractivity contribution in [3.8, 4) is 17.2 Å². The lowest BCUT2D eigenvalue weighted by molar-refractivity contribution is -0.128. The summed E-state index contributed by atoms with van der Waals surface area (Å²) in [5.41, 5.74) is -0.600. The number of phenols is 1. The lowest BCUT2D eigenvalue weighted by atomic mass is 9.93. The highest BCUT2D eigenvalue weighted by Crippen LogP contribution is 2.33. The van der Waals surface area contributed by atoms with E-state index in [4.69, 9.17) is 9.47 Å². The van der Waals surface area contributed by atoms with E-state index in [0.717, 1.165) is 12.1 Å². The molecule has 1 heterocycles. The fraction of sp³-hybridized carbons (Fsp3) is 0.381. The van der Waals surface area contributed by atoms with Crippen LogP contribution in [0.4, 0.5) is 14.5 Å². The van der Waals surface area contributed by atoms with Gasteiger partial charge in [-0.2, -0.15) is 0 Å². The Morgan fingerprint density at radius 2 is 1.93 bits per heavy atom. The van der Waals surface area contributed by atoms with E-state index in [-0.39, 0.29) is 30.0 Å². The average Bonchev–Trinajstić information content (AvgIpc) is 2.68. The molecule has 0 fully saturated rings. The van der Waals surface area contributed by atoms with Crippen LogP contribution in [0.25, 0.3) is 0 Å². The number of aliphatic hydroxyl groups excluding tert-OH is 1. The lowest BCUT2D eigenvalue weighted by Crippen LogP contribution is -2.53. The molecule has 1 amide bonds. The van der Waals surface area contributed by atoms with Crippen molar-refractivity contribution in [1.82, 2.24) is 5.32 Å². The van der Waals surface area contributed by atoms with Crippen molar-refractivity contribution in [2.45, 2.75) is 38.0 Å². The highest BCUT2D eigenvalue weighted by molar-refractivity contribution is 5.98. The first-order chi connectivity index (χ1) is 14.1. The zero-order valence-electron chi connectivity index (χ0n) is 16.8. The minimum Gasteiger partial charge on any atom is -0.508 e. The molecule has 2 aromatic rings. The third kappa shape index (κ3) is 4.80. The number of halogens is 2. The van der Waals surface area contributed by atoms with E-state index in [2.05, 4.69) is 10.6 Å². The maximum absolute atomic E-state index is 14.3. The Labute approximate surface area is 172 Å². The summed E-state index contributed by atoms with van der Waals surface area (Å²) >= 11 is 0. The summed E-state index contributed by atoms with van der Waals surface area (Å²) in [6, 6.07) is 6.45. The van der Waals surface area contributed by atoms with Crippen molar-refractivity contribution in [1.29, 1.82) is 0 Å². The van der Waals surface area contributed by atoms with Crippen LogP contribution in [-0.2, 0) is 11.2 Å². The summed E-state index contributed by atoms with van der Waals surface area (Å²) in [5.74, 6) is -1.64. The number of nitrogens with one attached hydrogen (secondary N) is 2. The first kappa shape index (κ1) is 21.8. The van der Waals surface area contributed by atoms with Gasteiger partial charge in [0.25, 0.3) is 5.91 Å². The largest absolute Gasteiger partial charge is 0.508 e. The van der Waals surface area contributed by atoms with Crippen LogP contribution in [0, 0.1) is 11.6 Å². The van der Waals surface area contributed by atoms with E-state index in [9.17, 15) is 23.8 Å². The SMILES string of the molecule is COc1cc(F)c(CC(C)(C)NCC(O)C2Oc3ccc(O)cc3NC2=O)c(F)c1. The number of β-amino-alcohol motifs (C(OH)–C–C–N with tert-alkyl or cyclic N) is 1. The molecule has 0 aliphatic carbocycles. The minimum absolute atomic E-state index is 0.00120. The van der Waals surface area contributed by atoms with Crippen LogP contribution in [0.1, 0.15) is 19.4 Å². The Kier molecular flexibility index (Phi) is 6.14. The lowest BCUT2D eigenvalue weighted by Gasteiger charge is -2.32. The predicted molar refractivity (Wildman–Crippen MR) is 106 cm³/mol. The molecule has 0 aromatic heterocycles. The van der Waals surface area contributed by atoms with Crippen molar-refractivity contribution in [3.63, 3.8) is 0 Å². The van der Waals surface area contributed by atoms with Gasteiger partial charge in [0.2, 0.25) is 6.10 Å². The van der Waals surface area contributed by atoms with E-state index in [1.807, 2.05) is 0 Å². The minimum atomic E-state index is -1.23. The van der Waals surface area contributed by atoms with Crippen LogP contribution >= 0.6 is 0 Å². The van der Waals surface area contributed by atoms with E-state index >= 15 is 0 Å². The standard InChI is InChI=1S/C21H24F2N2O5/c1-21(2,9-13-14(22)7-12(29-3)8-15(13)23)24-10-17(27)19-20(28)25-16-6-11(26)4-5-18(16)30-19/h4-8,17,19,24,26-27H,9-10H2,1-3H3,(H,25,28). The molecule has 1 aliphatic heterocycles. The first-order valence-electron chi connectivity index (χ1n) is 9.35. The molecule has 0 radical (unpaired) electrons. The Morgan fingerprint density at radius 3 is 2.57 bits per heavy atom. The monoisotopic (exact) mass is 422 g/mol. The number of phenolic OH excluding ortho intramolecular Hbond substituents is 1. The molecule has 4 N–H and O–H groups in total. The summed E-state index contributed by atoms with van der Waals surface area (Å²) < 4.78 is 38.9. The molecule has 0 saturated carbocycles. The number of carbonyl (C=O) groups is 1. The van der Waals surface area contributed by atoms with Crippen LogP contribution in [0.5, 0.6) is 17.2 Å². The summed E-state index contributed by atoms with van der Waals surface area (Å²) in [6.45, 7) is 3.39. The number of aliphatic hydroxyl groups is 1. The number of fused-ring (bicyclic) bond motifs is 1. The quantitative estimate of drug-likeness (QED) is 0.547. The molecule has 1 aliphatic rings. The summed E-state index contributed by atoms with van der Waals surface area (Å²) in [4.78, 5) is 12.3. The van der Waals surface area contributed by atoms with E-state index in [0.29, 0.717) is 11.4 Å². The fourth-order valence-electron chi connectivity index (χ4n) is 3.22. The average molecular weight is 422 g/mol. The maximum Gasteiger partial charge on any atom is 0.268 e. The van der Waals surface area contributed by atoms with Crippen molar-refractivity contribution < 1.29 is 33.3 Å². The van der Waals surface area contributed by atoms with Gasteiger partial charge in [0.15, 0.2) is 0 Å². The molecule has 30 heavy (non-hydrogen) atoms. The van der Waals surface area contributed by atoms with Crippen LogP contribution in [0.3, 0.4) is 0 Å². The number of carbonyl (C=O) groups excluding carboxylic acids is 1. The van der Waals surface area contributed by atoms with Crippen molar-refractivity contribution in [2.24, 2.45) is 0 Å². The van der Waals surface area contributed by atoms with Crippen LogP contribution in [-0.4, -0.2) is 47.5 Å². The molecular formula is C21H24F2N2O5. The third-order valence-corrected chi connectivity index (χ3v) is 4.84. The second-order valence-electron chi connectivity index (χ2n) is 7.79. The van der Waals surface area contributed by atoms with Gasteiger partial charge in [-0.15, -0.1) is 0 Å². The van der Waals surface area contributed by atoms with Gasteiger partial charge in [-0.05, 0) is 32.4 Å². The van der Waals surface area contributed by atoms with Gasteiger partial charge < -0.3 is 30.3 Å². The number of amides is 1. The smallest absolute Gasteiger partial charge is 0.268 e. The van der Waals surface area contributed by atoms with Gasteiger partial charge in [-0.3, -0.25) is 4.79 Å². The van der Waals surface area contributed by atoms with Gasteiger partial charge in [-0.25, -0.2) is 8.78 Å². The Morgan fingerprint density at radius 1 is 1.27 bits per heavy atom. The summed E-state index contributed by atoms with van der Waals surface area (Å²) in [6.07, 6.45) is -2.40. The van der Waals surface area contributed by atoms with Gasteiger partial charge in [0.1, 0.15) is 35.0 Å². The van der Waals surface area contributed by atoms with E-state index < -0.39 is 35.3 Å². The van der Waals surface area contributed by atoms with Crippen molar-refractivity contribution >= 4 is 11.6 Å². The molecule has 0 spiro atoms. The topological polar surface area (TPSA) is 100 Å². The van der Waals surface area contributed by atoms with Crippen LogP contribution in [0.15, 0.2) is 30.3 Å². The molecule has 0 bridgehead atoms. The molecule has 162 valence electrons. The summed E-state index contributed by atoms with van der Waals surface area (Å²) in [5, 5.41) is 25.6. The molecule has 3 rings (SSSR count). The van der Waals surface area contributed by atoms with Gasteiger partial charge in [0, 0.05) is 35.8 Å². The molecular weight excluding hydrogens is 398 g/mol. The number of methoxy groups -OCH3 is 1. The third-order valence-electron chi connectivity index (χ3n) is 4.84. The van der Waals surface area contributed by atoms with Gasteiger partial charge >= 0.3 is 0 Å². The highest BCUT2D eigenvalue weighted by Gasteiger charge is 2.35. The Bertz CT molecular complexity index is 928. The Hall–Kier alpha value is -2.91. The van der Waals surface area contributed by atoms with Gasteiger partial charge in [-0.1, -0.05) is 0 Å². The highest BCUT2D eigenvalue weighted by atomic mass is 19.1. The zero-order valence-corrected chi connectivity index (χ0v) is 16.8. The first-order valence-corrected chi connectivity index (χ1v) is 9.35. The second-order valence-corrected chi connectivity index (χ2v) is 7.79. The van der Waals surface area contributed by atoms with Crippen molar-refractivity contribution in [3.05, 3.63) is 47.5 Å². The summed E-state index contributed by atoms with van der Waals surface area (Å²) in [7, 11) is 1.32. The number of rotatable bonds is 7. The predicted octanol–water partition coefficient (Wildman–Crippen LogP) is 2.35. The molecule has 2 unspecified atom stereocenters. The van der Waals surface area contributed by atoms with Crippen LogP contribution in [0.2, 0.25) is 0 Å². The molecule has 9 heteroatoms. The Balaban J connectivity index is 1.64. The normalized spacial score (nSPS) is 17.0. The molecule has 7 nitrogen and oxygen atoms in total. The van der Waals surface area contributed by atoms with E-state index in [1.165, 1.54) is 25.3 Å². The molecule has 2 atom stereocenters. The molecule has 2 aromatic carbocycles. The molecule has 0 saturated heterocycles. The number of anilines is 1. The number of benzene rings is 2. The van der Waals surface area contributed by atoms with Gasteiger partial charge in [0.05, 0.1) is 12.8 Å². The maximum atomic E-state index is 14.3. The number of hydrogen-bond acceptors (Lipinski definition) is 6. The zero-order chi connectivity index (χ0) is 22.1. The number of ether oxygens (including phenoxy) is 2. The number of hydrogen-bond donors (Lipinski definition) is 4. The van der Waals surface area contributed by atoms with Crippen LogP contribution < -0.4 is 20.1 Å².